The van der Waals surface area contributed by atoms with Crippen molar-refractivity contribution in [1.82, 2.24) is 15.6 Å². The Kier molecular flexibility index (Phi) is 10.5. The molecule has 0 atom stereocenters. The van der Waals surface area contributed by atoms with Gasteiger partial charge in [0.25, 0.3) is 0 Å². The number of rotatable bonds is 7. The molecule has 0 aliphatic carbocycles. The van der Waals surface area contributed by atoms with Gasteiger partial charge in [-0.1, -0.05) is 23.2 Å². The summed E-state index contributed by atoms with van der Waals surface area (Å²) in [6, 6.07) is 5.20. The van der Waals surface area contributed by atoms with Gasteiger partial charge in [-0.2, -0.15) is 0 Å². The molecule has 0 saturated heterocycles. The van der Waals surface area contributed by atoms with Crippen molar-refractivity contribution in [1.29, 1.82) is 0 Å². The summed E-state index contributed by atoms with van der Waals surface area (Å²) in [4.78, 5) is 9.70. The molecule has 25 heavy (non-hydrogen) atoms. The Morgan fingerprint density at radius 3 is 2.76 bits per heavy atom. The van der Waals surface area contributed by atoms with Gasteiger partial charge < -0.3 is 15.4 Å². The highest BCUT2D eigenvalue weighted by atomic mass is 127. The zero-order chi connectivity index (χ0) is 17.4. The van der Waals surface area contributed by atoms with E-state index < -0.39 is 0 Å². The third kappa shape index (κ3) is 7.98. The van der Waals surface area contributed by atoms with Crippen LogP contribution in [0.1, 0.15) is 16.3 Å². The SMILES string of the molecule is CN=C(NCCCOc1ccc(Cl)cc1Cl)NCc1ncc(C)s1.I. The second-order valence-electron chi connectivity index (χ2n) is 4.99. The van der Waals surface area contributed by atoms with Gasteiger partial charge in [0.1, 0.15) is 10.8 Å². The Labute approximate surface area is 179 Å². The van der Waals surface area contributed by atoms with E-state index in [0.717, 1.165) is 23.9 Å². The van der Waals surface area contributed by atoms with Crippen LogP contribution < -0.4 is 15.4 Å². The first kappa shape index (κ1) is 22.3. The lowest BCUT2D eigenvalue weighted by molar-refractivity contribution is 0.311. The number of halogens is 3. The molecule has 0 aliphatic rings. The quantitative estimate of drug-likeness (QED) is 0.247. The fourth-order valence-electron chi connectivity index (χ4n) is 1.92. The van der Waals surface area contributed by atoms with E-state index in [2.05, 4.69) is 20.6 Å². The van der Waals surface area contributed by atoms with Crippen molar-refractivity contribution in [2.45, 2.75) is 19.9 Å². The standard InChI is InChI=1S/C16H20Cl2N4OS.HI/c1-11-9-21-15(24-11)10-22-16(19-2)20-6-3-7-23-14-5-4-12(17)8-13(14)18;/h4-5,8-9H,3,6-7,10H2,1-2H3,(H2,19,20,22);1H. The molecule has 1 aromatic carbocycles. The number of aromatic nitrogens is 1. The number of ether oxygens (including phenoxy) is 1. The number of guanidine groups is 1. The summed E-state index contributed by atoms with van der Waals surface area (Å²) in [5.74, 6) is 1.38. The molecule has 0 radical (unpaired) electrons. The number of nitrogens with zero attached hydrogens (tertiary/aromatic N) is 2. The largest absolute Gasteiger partial charge is 0.492 e. The molecule has 2 rings (SSSR count). The van der Waals surface area contributed by atoms with Crippen LogP contribution in [0.15, 0.2) is 29.4 Å². The predicted molar refractivity (Wildman–Crippen MR) is 117 cm³/mol. The molecule has 0 fully saturated rings. The van der Waals surface area contributed by atoms with E-state index in [4.69, 9.17) is 27.9 Å². The zero-order valence-electron chi connectivity index (χ0n) is 14.0. The first-order valence-corrected chi connectivity index (χ1v) is 9.09. The first-order valence-electron chi connectivity index (χ1n) is 7.52. The van der Waals surface area contributed by atoms with Crippen LogP contribution in [0, 0.1) is 6.92 Å². The Balaban J connectivity index is 0.00000312. The number of thiazole rings is 1. The van der Waals surface area contributed by atoms with Crippen molar-refractivity contribution in [3.8, 4) is 5.75 Å². The third-order valence-electron chi connectivity index (χ3n) is 3.06. The van der Waals surface area contributed by atoms with Crippen molar-refractivity contribution in [3.63, 3.8) is 0 Å². The van der Waals surface area contributed by atoms with Crippen molar-refractivity contribution in [2.75, 3.05) is 20.2 Å². The second kappa shape index (κ2) is 11.8. The highest BCUT2D eigenvalue weighted by Gasteiger charge is 2.03. The summed E-state index contributed by atoms with van der Waals surface area (Å²) in [6.07, 6.45) is 2.69. The third-order valence-corrected chi connectivity index (χ3v) is 4.51. The summed E-state index contributed by atoms with van der Waals surface area (Å²) >= 11 is 13.6. The van der Waals surface area contributed by atoms with Crippen LogP contribution in [0.25, 0.3) is 0 Å². The van der Waals surface area contributed by atoms with Gasteiger partial charge in [-0.15, -0.1) is 35.3 Å². The molecule has 1 aromatic heterocycles. The van der Waals surface area contributed by atoms with Gasteiger partial charge in [-0.05, 0) is 31.5 Å². The molecule has 1 heterocycles. The van der Waals surface area contributed by atoms with Crippen LogP contribution in [0.3, 0.4) is 0 Å². The highest BCUT2D eigenvalue weighted by Crippen LogP contribution is 2.27. The lowest BCUT2D eigenvalue weighted by atomic mass is 10.3. The van der Waals surface area contributed by atoms with Crippen LogP contribution in [0.4, 0.5) is 0 Å². The predicted octanol–water partition coefficient (Wildman–Crippen LogP) is 4.51. The zero-order valence-corrected chi connectivity index (χ0v) is 18.7. The van der Waals surface area contributed by atoms with Gasteiger partial charge in [0, 0.05) is 29.7 Å². The van der Waals surface area contributed by atoms with E-state index in [9.17, 15) is 0 Å². The van der Waals surface area contributed by atoms with Gasteiger partial charge in [0.2, 0.25) is 0 Å². The molecule has 0 unspecified atom stereocenters. The average Bonchev–Trinajstić information content (AvgIpc) is 2.97. The minimum Gasteiger partial charge on any atom is -0.492 e. The van der Waals surface area contributed by atoms with E-state index in [0.29, 0.717) is 28.9 Å². The summed E-state index contributed by atoms with van der Waals surface area (Å²) < 4.78 is 5.64. The molecule has 0 aliphatic heterocycles. The molecule has 5 nitrogen and oxygen atoms in total. The first-order chi connectivity index (χ1) is 11.6. The van der Waals surface area contributed by atoms with E-state index in [-0.39, 0.29) is 24.0 Å². The fraction of sp³-hybridized carbons (Fsp3) is 0.375. The minimum atomic E-state index is 0. The smallest absolute Gasteiger partial charge is 0.191 e. The van der Waals surface area contributed by atoms with Crippen LogP contribution in [-0.2, 0) is 6.54 Å². The van der Waals surface area contributed by atoms with Gasteiger partial charge >= 0.3 is 0 Å². The number of hydrogen-bond donors (Lipinski definition) is 2. The molecule has 2 aromatic rings. The Bertz CT molecular complexity index is 697. The van der Waals surface area contributed by atoms with Gasteiger partial charge in [-0.3, -0.25) is 4.99 Å². The molecule has 2 N–H and O–H groups in total. The second-order valence-corrected chi connectivity index (χ2v) is 7.16. The molecular formula is C16H21Cl2IN4OS. The number of aliphatic imine (C=N–C) groups is 1. The summed E-state index contributed by atoms with van der Waals surface area (Å²) in [5.41, 5.74) is 0. The van der Waals surface area contributed by atoms with E-state index in [1.807, 2.05) is 13.1 Å². The van der Waals surface area contributed by atoms with Crippen molar-refractivity contribution in [2.24, 2.45) is 4.99 Å². The average molecular weight is 515 g/mol. The van der Waals surface area contributed by atoms with E-state index >= 15 is 0 Å². The summed E-state index contributed by atoms with van der Waals surface area (Å²) in [6.45, 7) is 4.00. The maximum atomic E-state index is 6.06. The van der Waals surface area contributed by atoms with Crippen molar-refractivity contribution < 1.29 is 4.74 Å². The molecule has 0 amide bonds. The molecule has 138 valence electrons. The normalized spacial score (nSPS) is 11.0. The number of hydrogen-bond acceptors (Lipinski definition) is 4. The topological polar surface area (TPSA) is 58.5 Å². The van der Waals surface area contributed by atoms with Crippen LogP contribution in [0.2, 0.25) is 10.0 Å². The monoisotopic (exact) mass is 514 g/mol. The lowest BCUT2D eigenvalue weighted by Gasteiger charge is -2.12. The van der Waals surface area contributed by atoms with Crippen LogP contribution >= 0.6 is 58.5 Å². The summed E-state index contributed by atoms with van der Waals surface area (Å²) in [7, 11) is 1.74. The van der Waals surface area contributed by atoms with Crippen LogP contribution in [0.5, 0.6) is 5.75 Å². The number of nitrogens with one attached hydrogen (secondary N) is 2. The highest BCUT2D eigenvalue weighted by molar-refractivity contribution is 14.0. The Hall–Kier alpha value is -0.770. The van der Waals surface area contributed by atoms with Gasteiger partial charge in [-0.25, -0.2) is 4.98 Å². The molecular weight excluding hydrogens is 494 g/mol. The van der Waals surface area contributed by atoms with Crippen molar-refractivity contribution in [3.05, 3.63) is 44.3 Å². The van der Waals surface area contributed by atoms with Crippen molar-refractivity contribution >= 4 is 64.5 Å². The minimum absolute atomic E-state index is 0. The summed E-state index contributed by atoms with van der Waals surface area (Å²) in [5, 5.41) is 8.63. The molecule has 9 heteroatoms. The molecule has 0 bridgehead atoms. The molecule has 0 spiro atoms. The maximum Gasteiger partial charge on any atom is 0.191 e. The Morgan fingerprint density at radius 1 is 1.32 bits per heavy atom. The van der Waals surface area contributed by atoms with Gasteiger partial charge in [0.15, 0.2) is 5.96 Å². The van der Waals surface area contributed by atoms with E-state index in [1.54, 1.807) is 36.6 Å². The fourth-order valence-corrected chi connectivity index (χ4v) is 3.11. The van der Waals surface area contributed by atoms with Crippen LogP contribution in [-0.4, -0.2) is 31.1 Å². The lowest BCUT2D eigenvalue weighted by Crippen LogP contribution is -2.37. The Morgan fingerprint density at radius 2 is 2.12 bits per heavy atom. The number of benzene rings is 1. The van der Waals surface area contributed by atoms with Gasteiger partial charge in [0.05, 0.1) is 18.2 Å². The number of aryl methyl sites for hydroxylation is 1. The molecule has 0 saturated carbocycles. The maximum absolute atomic E-state index is 6.06. The van der Waals surface area contributed by atoms with E-state index in [1.165, 1.54) is 4.88 Å².